The maximum absolute atomic E-state index is 12.2. The van der Waals surface area contributed by atoms with Crippen molar-refractivity contribution in [2.45, 2.75) is 43.2 Å². The molecule has 196 valence electrons. The second-order valence-electron chi connectivity index (χ2n) is 8.50. The molecule has 2 aromatic heterocycles. The zero-order chi connectivity index (χ0) is 26.0. The molecule has 0 bridgehead atoms. The monoisotopic (exact) mass is 526 g/mol. The summed E-state index contributed by atoms with van der Waals surface area (Å²) in [7, 11) is 1.25. The smallest absolute Gasteiger partial charge is 0.407 e. The zero-order valence-electron chi connectivity index (χ0n) is 20.7. The predicted octanol–water partition coefficient (Wildman–Crippen LogP) is 2.90. The quantitative estimate of drug-likeness (QED) is 0.338. The Hall–Kier alpha value is -3.48. The highest BCUT2D eigenvalue weighted by atomic mass is 32.2. The number of amides is 2. The van der Waals surface area contributed by atoms with Crippen molar-refractivity contribution in [2.75, 3.05) is 31.3 Å². The van der Waals surface area contributed by atoms with Crippen molar-refractivity contribution in [2.24, 2.45) is 0 Å². The standard InChI is InChI=1S/C25H30N6O5S/c1-16-21(15-37-25-31-30-23(36-25)18-9-11-26-12-10-18)35-19(13-27-16)8-7-17-5-3-4-6-20(17)29-22(32)14-28-24(33)34-2/h3-6,9-12,16,19,21,27H,7-8,13-15H2,1-2H3,(H,28,33)(H,29,32)/t16-,19-,21?/m1/s1. The molecule has 0 aliphatic carbocycles. The van der Waals surface area contributed by atoms with Crippen LogP contribution in [-0.4, -0.2) is 71.4 Å². The fourth-order valence-corrected chi connectivity index (χ4v) is 4.75. The Morgan fingerprint density at radius 3 is 2.81 bits per heavy atom. The van der Waals surface area contributed by atoms with Gasteiger partial charge in [0.1, 0.15) is 6.54 Å². The average Bonchev–Trinajstić information content (AvgIpc) is 3.41. The molecular formula is C25H30N6O5S. The van der Waals surface area contributed by atoms with Crippen molar-refractivity contribution >= 4 is 29.4 Å². The van der Waals surface area contributed by atoms with Gasteiger partial charge >= 0.3 is 6.09 Å². The first-order chi connectivity index (χ1) is 18.0. The number of anilines is 1. The number of aromatic nitrogens is 3. The van der Waals surface area contributed by atoms with Crippen molar-refractivity contribution in [1.82, 2.24) is 25.8 Å². The van der Waals surface area contributed by atoms with Gasteiger partial charge in [-0.3, -0.25) is 9.78 Å². The van der Waals surface area contributed by atoms with Gasteiger partial charge in [0.15, 0.2) is 0 Å². The average molecular weight is 527 g/mol. The van der Waals surface area contributed by atoms with Crippen LogP contribution in [-0.2, 0) is 20.7 Å². The third kappa shape index (κ3) is 7.75. The van der Waals surface area contributed by atoms with Gasteiger partial charge in [-0.2, -0.15) is 0 Å². The van der Waals surface area contributed by atoms with E-state index in [0.717, 1.165) is 30.5 Å². The van der Waals surface area contributed by atoms with Gasteiger partial charge in [0.05, 0.1) is 19.3 Å². The molecule has 0 spiro atoms. The Morgan fingerprint density at radius 2 is 2.00 bits per heavy atom. The molecule has 3 aromatic rings. The molecule has 1 aromatic carbocycles. The molecule has 3 heterocycles. The number of nitrogens with one attached hydrogen (secondary N) is 3. The van der Waals surface area contributed by atoms with Crippen molar-refractivity contribution in [3.8, 4) is 11.5 Å². The molecule has 4 rings (SSSR count). The lowest BCUT2D eigenvalue weighted by atomic mass is 10.0. The number of benzene rings is 1. The van der Waals surface area contributed by atoms with Gasteiger partial charge < -0.3 is 29.8 Å². The molecule has 1 aliphatic heterocycles. The van der Waals surface area contributed by atoms with E-state index < -0.39 is 6.09 Å². The van der Waals surface area contributed by atoms with Crippen LogP contribution in [0.15, 0.2) is 58.4 Å². The number of hydrogen-bond donors (Lipinski definition) is 3. The Balaban J connectivity index is 1.27. The minimum absolute atomic E-state index is 0.0154. The summed E-state index contributed by atoms with van der Waals surface area (Å²) in [5, 5.41) is 17.5. The summed E-state index contributed by atoms with van der Waals surface area (Å²) in [6.07, 6.45) is 4.21. The molecule has 2 amide bonds. The molecule has 11 nitrogen and oxygen atoms in total. The van der Waals surface area contributed by atoms with E-state index in [2.05, 4.69) is 42.8 Å². The summed E-state index contributed by atoms with van der Waals surface area (Å²) < 4.78 is 16.7. The number of hydrogen-bond acceptors (Lipinski definition) is 10. The van der Waals surface area contributed by atoms with Crippen LogP contribution in [0.1, 0.15) is 18.9 Å². The van der Waals surface area contributed by atoms with Crippen molar-refractivity contribution in [3.05, 3.63) is 54.4 Å². The maximum Gasteiger partial charge on any atom is 0.407 e. The second kappa shape index (κ2) is 13.2. The first kappa shape index (κ1) is 26.6. The molecule has 3 N–H and O–H groups in total. The van der Waals surface area contributed by atoms with E-state index in [1.807, 2.05) is 36.4 Å². The molecule has 1 fully saturated rings. The van der Waals surface area contributed by atoms with Crippen LogP contribution in [0.4, 0.5) is 10.5 Å². The van der Waals surface area contributed by atoms with Gasteiger partial charge in [0.25, 0.3) is 5.22 Å². The number of methoxy groups -OCH3 is 1. The minimum Gasteiger partial charge on any atom is -0.453 e. The molecule has 37 heavy (non-hydrogen) atoms. The van der Waals surface area contributed by atoms with E-state index in [-0.39, 0.29) is 30.7 Å². The number of ether oxygens (including phenoxy) is 2. The summed E-state index contributed by atoms with van der Waals surface area (Å²) in [5.41, 5.74) is 2.54. The fraction of sp³-hybridized carbons (Fsp3) is 0.400. The Kier molecular flexibility index (Phi) is 9.46. The van der Waals surface area contributed by atoms with Crippen LogP contribution in [0.2, 0.25) is 0 Å². The lowest BCUT2D eigenvalue weighted by molar-refractivity contribution is -0.115. The summed E-state index contributed by atoms with van der Waals surface area (Å²) in [6.45, 7) is 2.68. The number of morpholine rings is 1. The van der Waals surface area contributed by atoms with E-state index in [9.17, 15) is 9.59 Å². The van der Waals surface area contributed by atoms with E-state index in [1.54, 1.807) is 12.4 Å². The van der Waals surface area contributed by atoms with Crippen LogP contribution < -0.4 is 16.0 Å². The number of carbonyl (C=O) groups is 2. The highest BCUT2D eigenvalue weighted by Gasteiger charge is 2.28. The molecule has 1 saturated heterocycles. The van der Waals surface area contributed by atoms with Gasteiger partial charge in [-0.05, 0) is 43.5 Å². The highest BCUT2D eigenvalue weighted by Crippen LogP contribution is 2.26. The highest BCUT2D eigenvalue weighted by molar-refractivity contribution is 7.99. The normalized spacial score (nSPS) is 19.2. The SMILES string of the molecule is COC(=O)NCC(=O)Nc1ccccc1CC[C@@H]1CN[C@H](C)C(CSc2nnc(-c3ccncc3)o2)O1. The van der Waals surface area contributed by atoms with E-state index in [4.69, 9.17) is 9.15 Å². The fourth-order valence-electron chi connectivity index (χ4n) is 3.84. The van der Waals surface area contributed by atoms with Gasteiger partial charge in [-0.25, -0.2) is 4.79 Å². The number of rotatable bonds is 10. The van der Waals surface area contributed by atoms with Crippen LogP contribution in [0.3, 0.4) is 0 Å². The number of nitrogens with zero attached hydrogens (tertiary/aromatic N) is 3. The molecular weight excluding hydrogens is 496 g/mol. The topological polar surface area (TPSA) is 140 Å². The number of para-hydroxylation sites is 1. The van der Waals surface area contributed by atoms with Gasteiger partial charge in [-0.15, -0.1) is 10.2 Å². The van der Waals surface area contributed by atoms with Crippen LogP contribution in [0, 0.1) is 0 Å². The predicted molar refractivity (Wildman–Crippen MR) is 138 cm³/mol. The molecule has 0 radical (unpaired) electrons. The first-order valence-electron chi connectivity index (χ1n) is 12.0. The van der Waals surface area contributed by atoms with E-state index in [1.165, 1.54) is 18.9 Å². The lowest BCUT2D eigenvalue weighted by Gasteiger charge is -2.35. The van der Waals surface area contributed by atoms with Gasteiger partial charge in [-0.1, -0.05) is 30.0 Å². The molecule has 1 aliphatic rings. The molecule has 0 saturated carbocycles. The lowest BCUT2D eigenvalue weighted by Crippen LogP contribution is -2.52. The number of pyridine rings is 1. The summed E-state index contributed by atoms with van der Waals surface area (Å²) in [5.74, 6) is 0.806. The molecule has 1 unspecified atom stereocenters. The minimum atomic E-state index is -0.652. The second-order valence-corrected chi connectivity index (χ2v) is 9.47. The van der Waals surface area contributed by atoms with Crippen LogP contribution in [0.5, 0.6) is 0 Å². The Bertz CT molecular complexity index is 1180. The third-order valence-electron chi connectivity index (χ3n) is 5.90. The maximum atomic E-state index is 12.2. The Morgan fingerprint density at radius 1 is 1.19 bits per heavy atom. The Labute approximate surface area is 219 Å². The first-order valence-corrected chi connectivity index (χ1v) is 13.0. The van der Waals surface area contributed by atoms with Crippen molar-refractivity contribution in [1.29, 1.82) is 0 Å². The van der Waals surface area contributed by atoms with Crippen LogP contribution in [0.25, 0.3) is 11.5 Å². The summed E-state index contributed by atoms with van der Waals surface area (Å²) in [4.78, 5) is 27.4. The number of aryl methyl sites for hydroxylation is 1. The number of carbonyl (C=O) groups excluding carboxylic acids is 2. The van der Waals surface area contributed by atoms with Crippen molar-refractivity contribution in [3.63, 3.8) is 0 Å². The number of alkyl carbamates (subject to hydrolysis) is 1. The summed E-state index contributed by atoms with van der Waals surface area (Å²) in [6, 6.07) is 11.4. The zero-order valence-corrected chi connectivity index (χ0v) is 21.5. The third-order valence-corrected chi connectivity index (χ3v) is 6.81. The molecule has 3 atom stereocenters. The largest absolute Gasteiger partial charge is 0.453 e. The van der Waals surface area contributed by atoms with Crippen LogP contribution >= 0.6 is 11.8 Å². The van der Waals surface area contributed by atoms with Gasteiger partial charge in [0, 0.05) is 42.0 Å². The van der Waals surface area contributed by atoms with E-state index >= 15 is 0 Å². The van der Waals surface area contributed by atoms with E-state index in [0.29, 0.717) is 22.6 Å². The summed E-state index contributed by atoms with van der Waals surface area (Å²) >= 11 is 1.47. The van der Waals surface area contributed by atoms with Crippen molar-refractivity contribution < 1.29 is 23.5 Å². The van der Waals surface area contributed by atoms with Gasteiger partial charge in [0.2, 0.25) is 11.8 Å². The number of thioether (sulfide) groups is 1. The molecule has 12 heteroatoms.